The molecule has 3 rings (SSSR count). The van der Waals surface area contributed by atoms with Gasteiger partial charge >= 0.3 is 0 Å². The molecule has 1 aromatic heterocycles. The van der Waals surface area contributed by atoms with E-state index in [1.54, 1.807) is 0 Å². The molecule has 2 heterocycles. The Labute approximate surface area is 88.5 Å². The number of anilines is 1. The highest BCUT2D eigenvalue weighted by atomic mass is 15.1. The second-order valence-electron chi connectivity index (χ2n) is 3.87. The molecule has 0 radical (unpaired) electrons. The molecule has 0 bridgehead atoms. The van der Waals surface area contributed by atoms with Gasteiger partial charge in [-0.1, -0.05) is 18.2 Å². The molecule has 15 heavy (non-hydrogen) atoms. The molecule has 3 nitrogen and oxygen atoms in total. The van der Waals surface area contributed by atoms with Crippen molar-refractivity contribution in [2.45, 2.75) is 12.3 Å². The molecule has 76 valence electrons. The first-order valence-electron chi connectivity index (χ1n) is 5.27. The van der Waals surface area contributed by atoms with Gasteiger partial charge < -0.3 is 5.32 Å². The van der Waals surface area contributed by atoms with Crippen LogP contribution >= 0.6 is 0 Å². The van der Waals surface area contributed by atoms with Crippen LogP contribution < -0.4 is 5.32 Å². The van der Waals surface area contributed by atoms with Gasteiger partial charge in [-0.25, -0.2) is 0 Å². The summed E-state index contributed by atoms with van der Waals surface area (Å²) in [5.74, 6) is 0.463. The topological polar surface area (TPSA) is 40.7 Å². The van der Waals surface area contributed by atoms with Crippen LogP contribution in [0.1, 0.15) is 23.6 Å². The zero-order valence-electron chi connectivity index (χ0n) is 8.40. The zero-order valence-corrected chi connectivity index (χ0v) is 8.40. The van der Waals surface area contributed by atoms with Crippen LogP contribution in [0.4, 0.5) is 5.69 Å². The van der Waals surface area contributed by atoms with E-state index in [0.29, 0.717) is 5.92 Å². The summed E-state index contributed by atoms with van der Waals surface area (Å²) in [5, 5.41) is 10.5. The van der Waals surface area contributed by atoms with Gasteiger partial charge in [-0.3, -0.25) is 5.10 Å². The highest BCUT2D eigenvalue weighted by molar-refractivity contribution is 5.56. The number of nitrogens with one attached hydrogen (secondary N) is 2. The Hall–Kier alpha value is -1.77. The maximum Gasteiger partial charge on any atom is 0.0490 e. The van der Waals surface area contributed by atoms with Gasteiger partial charge in [0.05, 0.1) is 0 Å². The lowest BCUT2D eigenvalue weighted by atomic mass is 9.88. The predicted molar refractivity (Wildman–Crippen MR) is 60.0 cm³/mol. The van der Waals surface area contributed by atoms with Crippen LogP contribution in [0.3, 0.4) is 0 Å². The maximum atomic E-state index is 4.02. The average Bonchev–Trinajstić information content (AvgIpc) is 2.82. The molecule has 2 N–H and O–H groups in total. The van der Waals surface area contributed by atoms with Crippen LogP contribution in [-0.2, 0) is 0 Å². The minimum absolute atomic E-state index is 0.463. The molecule has 2 aromatic rings. The van der Waals surface area contributed by atoms with Crippen LogP contribution in [0, 0.1) is 0 Å². The Balaban J connectivity index is 2.06. The third-order valence-corrected chi connectivity index (χ3v) is 2.98. The first-order valence-corrected chi connectivity index (χ1v) is 5.27. The van der Waals surface area contributed by atoms with Crippen LogP contribution in [-0.4, -0.2) is 16.7 Å². The number of hydrogen-bond acceptors (Lipinski definition) is 2. The first-order chi connectivity index (χ1) is 7.45. The fourth-order valence-electron chi connectivity index (χ4n) is 2.25. The monoisotopic (exact) mass is 199 g/mol. The molecule has 1 atom stereocenters. The number of benzene rings is 1. The SMILES string of the molecule is c1ccc2c(c1)NCCC2c1ccn[nH]1. The summed E-state index contributed by atoms with van der Waals surface area (Å²) < 4.78 is 0. The highest BCUT2D eigenvalue weighted by Crippen LogP contribution is 2.34. The molecule has 0 aliphatic carbocycles. The smallest absolute Gasteiger partial charge is 0.0490 e. The molecule has 3 heteroatoms. The summed E-state index contributed by atoms with van der Waals surface area (Å²) in [6.07, 6.45) is 2.94. The Morgan fingerprint density at radius 3 is 3.00 bits per heavy atom. The van der Waals surface area contributed by atoms with Gasteiger partial charge in [0.15, 0.2) is 0 Å². The van der Waals surface area contributed by atoms with Gasteiger partial charge in [-0.05, 0) is 24.1 Å². The Bertz CT molecular complexity index is 448. The van der Waals surface area contributed by atoms with E-state index in [-0.39, 0.29) is 0 Å². The molecule has 0 saturated heterocycles. The zero-order chi connectivity index (χ0) is 10.1. The fraction of sp³-hybridized carbons (Fsp3) is 0.250. The number of fused-ring (bicyclic) bond motifs is 1. The molecular formula is C12H13N3. The second kappa shape index (κ2) is 3.42. The van der Waals surface area contributed by atoms with Crippen molar-refractivity contribution in [2.75, 3.05) is 11.9 Å². The van der Waals surface area contributed by atoms with Gasteiger partial charge in [-0.2, -0.15) is 5.10 Å². The van der Waals surface area contributed by atoms with Crippen molar-refractivity contribution in [3.8, 4) is 0 Å². The number of aromatic nitrogens is 2. The molecule has 0 fully saturated rings. The van der Waals surface area contributed by atoms with Gasteiger partial charge in [0.25, 0.3) is 0 Å². The average molecular weight is 199 g/mol. The number of rotatable bonds is 1. The quantitative estimate of drug-likeness (QED) is 0.740. The van der Waals surface area contributed by atoms with E-state index in [1.807, 2.05) is 6.20 Å². The van der Waals surface area contributed by atoms with E-state index in [1.165, 1.54) is 16.9 Å². The van der Waals surface area contributed by atoms with Gasteiger partial charge in [0.2, 0.25) is 0 Å². The number of nitrogens with zero attached hydrogens (tertiary/aromatic N) is 1. The molecule has 1 aromatic carbocycles. The maximum absolute atomic E-state index is 4.02. The minimum atomic E-state index is 0.463. The Morgan fingerprint density at radius 2 is 2.13 bits per heavy atom. The Morgan fingerprint density at radius 1 is 1.20 bits per heavy atom. The largest absolute Gasteiger partial charge is 0.385 e. The third kappa shape index (κ3) is 1.40. The lowest BCUT2D eigenvalue weighted by Crippen LogP contribution is -2.17. The van der Waals surface area contributed by atoms with Gasteiger partial charge in [0.1, 0.15) is 0 Å². The van der Waals surface area contributed by atoms with E-state index >= 15 is 0 Å². The summed E-state index contributed by atoms with van der Waals surface area (Å²) in [7, 11) is 0. The van der Waals surface area contributed by atoms with Crippen molar-refractivity contribution in [2.24, 2.45) is 0 Å². The number of aromatic amines is 1. The molecular weight excluding hydrogens is 186 g/mol. The lowest BCUT2D eigenvalue weighted by molar-refractivity contribution is 0.696. The van der Waals surface area contributed by atoms with Crippen molar-refractivity contribution in [3.05, 3.63) is 47.8 Å². The van der Waals surface area contributed by atoms with E-state index in [9.17, 15) is 0 Å². The van der Waals surface area contributed by atoms with E-state index in [4.69, 9.17) is 0 Å². The molecule has 0 spiro atoms. The summed E-state index contributed by atoms with van der Waals surface area (Å²) >= 11 is 0. The van der Waals surface area contributed by atoms with Crippen molar-refractivity contribution in [3.63, 3.8) is 0 Å². The van der Waals surface area contributed by atoms with Gasteiger partial charge in [0, 0.05) is 30.0 Å². The second-order valence-corrected chi connectivity index (χ2v) is 3.87. The van der Waals surface area contributed by atoms with Crippen molar-refractivity contribution < 1.29 is 0 Å². The van der Waals surface area contributed by atoms with Crippen molar-refractivity contribution in [1.29, 1.82) is 0 Å². The molecule has 0 saturated carbocycles. The summed E-state index contributed by atoms with van der Waals surface area (Å²) in [6, 6.07) is 10.5. The molecule has 1 unspecified atom stereocenters. The summed E-state index contributed by atoms with van der Waals surface area (Å²) in [6.45, 7) is 1.03. The fourth-order valence-corrected chi connectivity index (χ4v) is 2.25. The highest BCUT2D eigenvalue weighted by Gasteiger charge is 2.21. The molecule has 1 aliphatic heterocycles. The van der Waals surface area contributed by atoms with Crippen molar-refractivity contribution >= 4 is 5.69 Å². The normalized spacial score (nSPS) is 19.3. The standard InChI is InChI=1S/C12H13N3/c1-2-4-11-9(3-1)10(5-7-13-11)12-6-8-14-15-12/h1-4,6,8,10,13H,5,7H2,(H,14,15). The third-order valence-electron chi connectivity index (χ3n) is 2.98. The summed E-state index contributed by atoms with van der Waals surface area (Å²) in [4.78, 5) is 0. The predicted octanol–water partition coefficient (Wildman–Crippen LogP) is 2.36. The molecule has 0 amide bonds. The van der Waals surface area contributed by atoms with Crippen LogP contribution in [0.2, 0.25) is 0 Å². The molecule has 1 aliphatic rings. The first kappa shape index (κ1) is 8.53. The van der Waals surface area contributed by atoms with Crippen LogP contribution in [0.5, 0.6) is 0 Å². The minimum Gasteiger partial charge on any atom is -0.385 e. The van der Waals surface area contributed by atoms with Gasteiger partial charge in [-0.15, -0.1) is 0 Å². The van der Waals surface area contributed by atoms with E-state index < -0.39 is 0 Å². The summed E-state index contributed by atoms with van der Waals surface area (Å²) in [5.41, 5.74) is 3.83. The number of hydrogen-bond donors (Lipinski definition) is 2. The van der Waals surface area contributed by atoms with E-state index in [2.05, 4.69) is 45.8 Å². The number of para-hydroxylation sites is 1. The van der Waals surface area contributed by atoms with E-state index in [0.717, 1.165) is 13.0 Å². The Kier molecular flexibility index (Phi) is 1.95. The lowest BCUT2D eigenvalue weighted by Gasteiger charge is -2.25. The number of H-pyrrole nitrogens is 1. The van der Waals surface area contributed by atoms with Crippen molar-refractivity contribution in [1.82, 2.24) is 10.2 Å². The van der Waals surface area contributed by atoms with Crippen LogP contribution in [0.25, 0.3) is 0 Å². The van der Waals surface area contributed by atoms with Crippen LogP contribution in [0.15, 0.2) is 36.5 Å².